The monoisotopic (exact) mass is 300 g/mol. The highest BCUT2D eigenvalue weighted by molar-refractivity contribution is 7.17. The molecule has 0 radical (unpaired) electrons. The molecule has 1 unspecified atom stereocenters. The van der Waals surface area contributed by atoms with Crippen molar-refractivity contribution in [2.75, 3.05) is 6.54 Å². The largest absolute Gasteiger partial charge is 0.306 e. The van der Waals surface area contributed by atoms with Gasteiger partial charge in [-0.1, -0.05) is 25.1 Å². The van der Waals surface area contributed by atoms with E-state index in [0.29, 0.717) is 0 Å². The first-order chi connectivity index (χ1) is 10.3. The van der Waals surface area contributed by atoms with E-state index in [-0.39, 0.29) is 11.9 Å². The molecule has 3 aromatic rings. The second-order valence-electron chi connectivity index (χ2n) is 5.01. The molecule has 0 bridgehead atoms. The van der Waals surface area contributed by atoms with E-state index in [4.69, 9.17) is 0 Å². The summed E-state index contributed by atoms with van der Waals surface area (Å²) in [5, 5.41) is 6.83. The number of halogens is 1. The van der Waals surface area contributed by atoms with Crippen molar-refractivity contribution in [1.29, 1.82) is 0 Å². The Morgan fingerprint density at radius 2 is 2.19 bits per heavy atom. The fraction of sp³-hybridized carbons (Fsp3) is 0.235. The van der Waals surface area contributed by atoms with Crippen molar-refractivity contribution in [3.8, 4) is 0 Å². The first kappa shape index (κ1) is 14.2. The molecular weight excluding hydrogens is 283 g/mol. The van der Waals surface area contributed by atoms with Crippen molar-refractivity contribution in [1.82, 2.24) is 10.3 Å². The lowest BCUT2D eigenvalue weighted by Gasteiger charge is -2.20. The minimum Gasteiger partial charge on any atom is -0.306 e. The van der Waals surface area contributed by atoms with Crippen LogP contribution in [0.4, 0.5) is 4.39 Å². The quantitative estimate of drug-likeness (QED) is 0.749. The first-order valence-electron chi connectivity index (χ1n) is 7.09. The van der Waals surface area contributed by atoms with Gasteiger partial charge in [0.1, 0.15) is 5.82 Å². The third-order valence-electron chi connectivity index (χ3n) is 3.48. The van der Waals surface area contributed by atoms with E-state index < -0.39 is 0 Å². The Morgan fingerprint density at radius 3 is 3.00 bits per heavy atom. The zero-order chi connectivity index (χ0) is 14.7. The predicted molar refractivity (Wildman–Crippen MR) is 86.2 cm³/mol. The van der Waals surface area contributed by atoms with Crippen molar-refractivity contribution >= 4 is 21.4 Å². The molecule has 2 aromatic heterocycles. The summed E-state index contributed by atoms with van der Waals surface area (Å²) in [7, 11) is 0. The van der Waals surface area contributed by atoms with Crippen molar-refractivity contribution in [3.05, 3.63) is 65.0 Å². The van der Waals surface area contributed by atoms with E-state index in [1.807, 2.05) is 0 Å². The number of hydrogen-bond donors (Lipinski definition) is 1. The van der Waals surface area contributed by atoms with Gasteiger partial charge in [-0.25, -0.2) is 4.39 Å². The van der Waals surface area contributed by atoms with Crippen LogP contribution in [0.1, 0.15) is 30.5 Å². The maximum absolute atomic E-state index is 13.5. The zero-order valence-corrected chi connectivity index (χ0v) is 12.7. The Bertz CT molecular complexity index is 738. The van der Waals surface area contributed by atoms with Gasteiger partial charge >= 0.3 is 0 Å². The molecular formula is C17H17FN2S. The lowest BCUT2D eigenvalue weighted by molar-refractivity contribution is 0.583. The Hall–Kier alpha value is -1.78. The Labute approximate surface area is 127 Å². The second-order valence-corrected chi connectivity index (χ2v) is 5.93. The van der Waals surface area contributed by atoms with Crippen LogP contribution in [0, 0.1) is 5.82 Å². The summed E-state index contributed by atoms with van der Waals surface area (Å²) in [6, 6.07) is 9.91. The van der Waals surface area contributed by atoms with Crippen LogP contribution < -0.4 is 5.32 Å². The Morgan fingerprint density at radius 1 is 1.29 bits per heavy atom. The first-order valence-corrected chi connectivity index (χ1v) is 7.97. The number of pyridine rings is 1. The predicted octanol–water partition coefficient (Wildman–Crippen LogP) is 4.52. The van der Waals surface area contributed by atoms with Crippen LogP contribution in [0.2, 0.25) is 0 Å². The number of thiophene rings is 1. The van der Waals surface area contributed by atoms with Crippen LogP contribution >= 0.6 is 11.3 Å². The maximum atomic E-state index is 13.5. The van der Waals surface area contributed by atoms with Crippen molar-refractivity contribution in [2.24, 2.45) is 0 Å². The fourth-order valence-corrected chi connectivity index (χ4v) is 3.47. The van der Waals surface area contributed by atoms with E-state index in [9.17, 15) is 4.39 Å². The van der Waals surface area contributed by atoms with E-state index in [1.165, 1.54) is 21.8 Å². The van der Waals surface area contributed by atoms with E-state index in [2.05, 4.69) is 46.9 Å². The van der Waals surface area contributed by atoms with Gasteiger partial charge in [0.2, 0.25) is 0 Å². The molecule has 4 heteroatoms. The summed E-state index contributed by atoms with van der Waals surface area (Å²) in [5.41, 5.74) is 2.05. The number of fused-ring (bicyclic) bond motifs is 1. The summed E-state index contributed by atoms with van der Waals surface area (Å²) in [6.07, 6.45) is 4.01. The van der Waals surface area contributed by atoms with Crippen LogP contribution in [0.5, 0.6) is 0 Å². The number of nitrogens with one attached hydrogen (secondary N) is 1. The topological polar surface area (TPSA) is 24.9 Å². The van der Waals surface area contributed by atoms with Gasteiger partial charge in [0.15, 0.2) is 0 Å². The fourth-order valence-electron chi connectivity index (χ4n) is 2.53. The van der Waals surface area contributed by atoms with Gasteiger partial charge in [-0.3, -0.25) is 4.98 Å². The van der Waals surface area contributed by atoms with E-state index in [0.717, 1.165) is 18.5 Å². The number of nitrogens with zero attached hydrogens (tertiary/aromatic N) is 1. The number of aromatic nitrogens is 1. The van der Waals surface area contributed by atoms with Gasteiger partial charge in [-0.05, 0) is 47.0 Å². The molecule has 3 rings (SSSR count). The van der Waals surface area contributed by atoms with Crippen molar-refractivity contribution < 1.29 is 4.39 Å². The smallest absolute Gasteiger partial charge is 0.141 e. The molecule has 2 heterocycles. The molecule has 0 aliphatic rings. The van der Waals surface area contributed by atoms with E-state index in [1.54, 1.807) is 23.6 Å². The van der Waals surface area contributed by atoms with Crippen LogP contribution in [0.3, 0.4) is 0 Å². The zero-order valence-electron chi connectivity index (χ0n) is 11.8. The average Bonchev–Trinajstić information content (AvgIpc) is 2.97. The van der Waals surface area contributed by atoms with Gasteiger partial charge < -0.3 is 5.32 Å². The third kappa shape index (κ3) is 2.96. The summed E-state index contributed by atoms with van der Waals surface area (Å²) < 4.78 is 14.8. The molecule has 0 spiro atoms. The standard InChI is InChI=1S/C17H17FN2S/c1-2-7-20-16(13-9-14(18)11-19-10-13)15-5-3-4-12-6-8-21-17(12)15/h3-6,8-11,16,20H,2,7H2,1H3. The average molecular weight is 300 g/mol. The highest BCUT2D eigenvalue weighted by Gasteiger charge is 2.17. The maximum Gasteiger partial charge on any atom is 0.141 e. The second kappa shape index (κ2) is 6.33. The normalized spacial score (nSPS) is 12.7. The van der Waals surface area contributed by atoms with Gasteiger partial charge in [0.05, 0.1) is 12.2 Å². The lowest BCUT2D eigenvalue weighted by Crippen LogP contribution is -2.23. The number of benzene rings is 1. The highest BCUT2D eigenvalue weighted by atomic mass is 32.1. The van der Waals surface area contributed by atoms with Gasteiger partial charge in [-0.2, -0.15) is 0 Å². The molecule has 0 saturated carbocycles. The molecule has 108 valence electrons. The molecule has 0 aliphatic heterocycles. The van der Waals surface area contributed by atoms with Crippen molar-refractivity contribution in [3.63, 3.8) is 0 Å². The molecule has 21 heavy (non-hydrogen) atoms. The molecule has 1 atom stereocenters. The molecule has 0 fully saturated rings. The summed E-state index contributed by atoms with van der Waals surface area (Å²) >= 11 is 1.72. The third-order valence-corrected chi connectivity index (χ3v) is 4.46. The minimum atomic E-state index is -0.297. The molecule has 1 N–H and O–H groups in total. The Kier molecular flexibility index (Phi) is 4.27. The van der Waals surface area contributed by atoms with Crippen LogP contribution in [0.15, 0.2) is 48.1 Å². The van der Waals surface area contributed by atoms with Crippen LogP contribution in [-0.2, 0) is 0 Å². The highest BCUT2D eigenvalue weighted by Crippen LogP contribution is 2.32. The summed E-state index contributed by atoms with van der Waals surface area (Å²) in [4.78, 5) is 3.99. The molecule has 0 aliphatic carbocycles. The number of hydrogen-bond acceptors (Lipinski definition) is 3. The Balaban J connectivity index is 2.08. The van der Waals surface area contributed by atoms with E-state index >= 15 is 0 Å². The molecule has 0 amide bonds. The van der Waals surface area contributed by atoms with Crippen LogP contribution in [-0.4, -0.2) is 11.5 Å². The van der Waals surface area contributed by atoms with Gasteiger partial charge in [-0.15, -0.1) is 11.3 Å². The molecule has 1 aromatic carbocycles. The van der Waals surface area contributed by atoms with Gasteiger partial charge in [0, 0.05) is 10.9 Å². The summed E-state index contributed by atoms with van der Waals surface area (Å²) in [6.45, 7) is 3.00. The SMILES string of the molecule is CCCNC(c1cncc(F)c1)c1cccc2ccsc12. The summed E-state index contributed by atoms with van der Waals surface area (Å²) in [5.74, 6) is -0.297. The minimum absolute atomic E-state index is 0.0319. The lowest BCUT2D eigenvalue weighted by atomic mass is 9.99. The number of rotatable bonds is 5. The molecule has 2 nitrogen and oxygen atoms in total. The van der Waals surface area contributed by atoms with Crippen LogP contribution in [0.25, 0.3) is 10.1 Å². The van der Waals surface area contributed by atoms with Crippen molar-refractivity contribution in [2.45, 2.75) is 19.4 Å². The van der Waals surface area contributed by atoms with Gasteiger partial charge in [0.25, 0.3) is 0 Å². The molecule has 0 saturated heterocycles.